The van der Waals surface area contributed by atoms with E-state index in [4.69, 9.17) is 4.74 Å². The van der Waals surface area contributed by atoms with Crippen LogP contribution in [0, 0.1) is 11.6 Å². The lowest BCUT2D eigenvalue weighted by Gasteiger charge is -2.26. The number of carboxylic acids is 1. The maximum atomic E-state index is 13.9. The lowest BCUT2D eigenvalue weighted by atomic mass is 10.1. The molecule has 8 heteroatoms. The molecule has 1 N–H and O–H groups in total. The van der Waals surface area contributed by atoms with Gasteiger partial charge in [-0.3, -0.25) is 4.90 Å². The van der Waals surface area contributed by atoms with Crippen molar-refractivity contribution in [3.8, 4) is 0 Å². The molecule has 1 heterocycles. The predicted molar refractivity (Wildman–Crippen MR) is 76.4 cm³/mol. The predicted octanol–water partition coefficient (Wildman–Crippen LogP) is 2.79. The average Bonchev–Trinajstić information content (AvgIpc) is 2.92. The summed E-state index contributed by atoms with van der Waals surface area (Å²) in [6, 6.07) is 1.67. The molecule has 1 fully saturated rings. The number of nitrogens with zero attached hydrogens (tertiary/aromatic N) is 1. The van der Waals surface area contributed by atoms with E-state index in [9.17, 15) is 23.5 Å². The van der Waals surface area contributed by atoms with Crippen LogP contribution >= 0.6 is 11.8 Å². The van der Waals surface area contributed by atoms with Crippen molar-refractivity contribution in [1.29, 1.82) is 0 Å². The zero-order valence-corrected chi connectivity index (χ0v) is 12.2. The van der Waals surface area contributed by atoms with Gasteiger partial charge in [-0.25, -0.2) is 18.4 Å². The zero-order chi connectivity index (χ0) is 16.3. The molecule has 1 aliphatic rings. The SMILES string of the molecule is C=CCOC(=O)N1C(c2cc(F)ccc2F)SC[C@@H]1C(=O)O. The average molecular weight is 329 g/mol. The first-order valence-corrected chi connectivity index (χ1v) is 7.36. The molecule has 1 saturated heterocycles. The van der Waals surface area contributed by atoms with Crippen LogP contribution < -0.4 is 0 Å². The van der Waals surface area contributed by atoms with Crippen LogP contribution in [0.1, 0.15) is 10.9 Å². The molecular formula is C14H13F2NO4S. The Balaban J connectivity index is 2.36. The van der Waals surface area contributed by atoms with Crippen LogP contribution in [0.2, 0.25) is 0 Å². The lowest BCUT2D eigenvalue weighted by Crippen LogP contribution is -2.43. The number of rotatable bonds is 4. The molecule has 1 aromatic carbocycles. The molecule has 22 heavy (non-hydrogen) atoms. The van der Waals surface area contributed by atoms with Gasteiger partial charge in [0.15, 0.2) is 0 Å². The molecule has 5 nitrogen and oxygen atoms in total. The Kier molecular flexibility index (Phi) is 5.02. The summed E-state index contributed by atoms with van der Waals surface area (Å²) >= 11 is 1.04. The van der Waals surface area contributed by atoms with Gasteiger partial charge in [-0.05, 0) is 18.2 Å². The number of carbonyl (C=O) groups is 2. The summed E-state index contributed by atoms with van der Waals surface area (Å²) in [5, 5.41) is 8.23. The first-order valence-electron chi connectivity index (χ1n) is 6.31. The van der Waals surface area contributed by atoms with Crippen LogP contribution in [0.5, 0.6) is 0 Å². The normalized spacial score (nSPS) is 20.7. The molecule has 0 radical (unpaired) electrons. The maximum absolute atomic E-state index is 13.9. The molecule has 2 rings (SSSR count). The lowest BCUT2D eigenvalue weighted by molar-refractivity contribution is -0.141. The molecule has 0 bridgehead atoms. The maximum Gasteiger partial charge on any atom is 0.412 e. The molecule has 0 saturated carbocycles. The van der Waals surface area contributed by atoms with Crippen LogP contribution in [0.4, 0.5) is 13.6 Å². The monoisotopic (exact) mass is 329 g/mol. The van der Waals surface area contributed by atoms with Gasteiger partial charge in [0.2, 0.25) is 0 Å². The van der Waals surface area contributed by atoms with Gasteiger partial charge in [0.25, 0.3) is 0 Å². The molecule has 0 spiro atoms. The van der Waals surface area contributed by atoms with Crippen molar-refractivity contribution in [2.24, 2.45) is 0 Å². The van der Waals surface area contributed by atoms with E-state index >= 15 is 0 Å². The Hall–Kier alpha value is -2.09. The van der Waals surface area contributed by atoms with E-state index in [-0.39, 0.29) is 17.9 Å². The molecule has 0 aromatic heterocycles. The highest BCUT2D eigenvalue weighted by molar-refractivity contribution is 7.99. The molecular weight excluding hydrogens is 316 g/mol. The van der Waals surface area contributed by atoms with E-state index in [1.807, 2.05) is 0 Å². The standard InChI is InChI=1S/C14H13F2NO4S/c1-2-5-21-14(20)17-11(13(18)19)7-22-12(17)9-6-8(15)3-4-10(9)16/h2-4,6,11-12H,1,5,7H2,(H,18,19)/t11-,12?/m1/s1. The van der Waals surface area contributed by atoms with Gasteiger partial charge in [0.05, 0.1) is 0 Å². The van der Waals surface area contributed by atoms with Crippen LogP contribution in [0.25, 0.3) is 0 Å². The third kappa shape index (κ3) is 3.22. The summed E-state index contributed by atoms with van der Waals surface area (Å²) in [7, 11) is 0. The van der Waals surface area contributed by atoms with E-state index in [0.717, 1.165) is 34.9 Å². The fourth-order valence-corrected chi connectivity index (χ4v) is 3.49. The van der Waals surface area contributed by atoms with Crippen molar-refractivity contribution in [3.63, 3.8) is 0 Å². The van der Waals surface area contributed by atoms with Crippen molar-refractivity contribution in [3.05, 3.63) is 48.1 Å². The molecule has 118 valence electrons. The minimum atomic E-state index is -1.23. The van der Waals surface area contributed by atoms with Gasteiger partial charge in [-0.1, -0.05) is 12.7 Å². The summed E-state index contributed by atoms with van der Waals surface area (Å²) in [5.74, 6) is -2.57. The number of carbonyl (C=O) groups excluding carboxylic acids is 1. The van der Waals surface area contributed by atoms with Crippen LogP contribution in [-0.2, 0) is 9.53 Å². The Morgan fingerprint density at radius 1 is 1.50 bits per heavy atom. The van der Waals surface area contributed by atoms with Gasteiger partial charge in [-0.15, -0.1) is 11.8 Å². The van der Waals surface area contributed by atoms with Gasteiger partial charge in [0.1, 0.15) is 29.7 Å². The highest BCUT2D eigenvalue weighted by Crippen LogP contribution is 2.42. The molecule has 2 atom stereocenters. The summed E-state index contributed by atoms with van der Waals surface area (Å²) < 4.78 is 32.1. The van der Waals surface area contributed by atoms with Gasteiger partial charge in [-0.2, -0.15) is 0 Å². The number of benzene rings is 1. The van der Waals surface area contributed by atoms with Crippen LogP contribution in [-0.4, -0.2) is 40.5 Å². The van der Waals surface area contributed by atoms with Gasteiger partial charge in [0, 0.05) is 11.3 Å². The highest BCUT2D eigenvalue weighted by atomic mass is 32.2. The largest absolute Gasteiger partial charge is 0.480 e. The van der Waals surface area contributed by atoms with Crippen molar-refractivity contribution in [2.75, 3.05) is 12.4 Å². The number of thioether (sulfide) groups is 1. The summed E-state index contributed by atoms with van der Waals surface area (Å²) in [5.41, 5.74) is -0.0932. The number of ether oxygens (including phenoxy) is 1. The summed E-state index contributed by atoms with van der Waals surface area (Å²) in [6.07, 6.45) is 0.417. The van der Waals surface area contributed by atoms with E-state index in [1.165, 1.54) is 6.08 Å². The number of carboxylic acid groups (broad SMARTS) is 1. The Morgan fingerprint density at radius 3 is 2.86 bits per heavy atom. The van der Waals surface area contributed by atoms with E-state index < -0.39 is 35.1 Å². The fourth-order valence-electron chi connectivity index (χ4n) is 2.07. The summed E-state index contributed by atoms with van der Waals surface area (Å²) in [4.78, 5) is 24.2. The number of aliphatic carboxylic acids is 1. The fraction of sp³-hybridized carbons (Fsp3) is 0.286. The van der Waals surface area contributed by atoms with Gasteiger partial charge < -0.3 is 9.84 Å². The quantitative estimate of drug-likeness (QED) is 0.861. The molecule has 1 aromatic rings. The second-order valence-electron chi connectivity index (χ2n) is 4.48. The first-order chi connectivity index (χ1) is 10.5. The minimum absolute atomic E-state index is 0.0547. The molecule has 1 aliphatic heterocycles. The number of hydrogen-bond donors (Lipinski definition) is 1. The number of hydrogen-bond acceptors (Lipinski definition) is 4. The third-order valence-electron chi connectivity index (χ3n) is 3.05. The minimum Gasteiger partial charge on any atom is -0.480 e. The van der Waals surface area contributed by atoms with Crippen LogP contribution in [0.3, 0.4) is 0 Å². The van der Waals surface area contributed by atoms with E-state index in [1.54, 1.807) is 0 Å². The Morgan fingerprint density at radius 2 is 2.23 bits per heavy atom. The molecule has 1 unspecified atom stereocenters. The topological polar surface area (TPSA) is 66.8 Å². The van der Waals surface area contributed by atoms with Crippen molar-refractivity contribution in [1.82, 2.24) is 4.90 Å². The van der Waals surface area contributed by atoms with Crippen molar-refractivity contribution >= 4 is 23.8 Å². The van der Waals surface area contributed by atoms with Gasteiger partial charge >= 0.3 is 12.1 Å². The summed E-state index contributed by atoms with van der Waals surface area (Å²) in [6.45, 7) is 3.28. The third-order valence-corrected chi connectivity index (χ3v) is 4.35. The highest BCUT2D eigenvalue weighted by Gasteiger charge is 2.44. The second-order valence-corrected chi connectivity index (χ2v) is 5.59. The van der Waals surface area contributed by atoms with Crippen LogP contribution in [0.15, 0.2) is 30.9 Å². The first kappa shape index (κ1) is 16.3. The number of halogens is 2. The Labute approximate surface area is 129 Å². The smallest absolute Gasteiger partial charge is 0.412 e. The van der Waals surface area contributed by atoms with E-state index in [0.29, 0.717) is 0 Å². The van der Waals surface area contributed by atoms with E-state index in [2.05, 4.69) is 6.58 Å². The van der Waals surface area contributed by atoms with Crippen molar-refractivity contribution < 1.29 is 28.2 Å². The molecule has 1 amide bonds. The number of amides is 1. The van der Waals surface area contributed by atoms with Crippen molar-refractivity contribution in [2.45, 2.75) is 11.4 Å². The zero-order valence-electron chi connectivity index (χ0n) is 11.4. The second kappa shape index (κ2) is 6.78. The molecule has 0 aliphatic carbocycles. The Bertz CT molecular complexity index is 611.